The number of benzene rings is 2. The Kier molecular flexibility index (Phi) is 7.54. The van der Waals surface area contributed by atoms with Gasteiger partial charge in [-0.15, -0.1) is 5.01 Å². The summed E-state index contributed by atoms with van der Waals surface area (Å²) in [6.45, 7) is 0.630. The van der Waals surface area contributed by atoms with E-state index in [-0.39, 0.29) is 29.8 Å². The second kappa shape index (κ2) is 10.3. The summed E-state index contributed by atoms with van der Waals surface area (Å²) in [4.78, 5) is 37.5. The van der Waals surface area contributed by atoms with Gasteiger partial charge in [0.25, 0.3) is 0 Å². The van der Waals surface area contributed by atoms with Crippen LogP contribution in [0.25, 0.3) is 0 Å². The summed E-state index contributed by atoms with van der Waals surface area (Å²) >= 11 is 0. The lowest BCUT2D eigenvalue weighted by molar-refractivity contribution is -0.150. The third-order valence-electron chi connectivity index (χ3n) is 4.63. The van der Waals surface area contributed by atoms with Crippen molar-refractivity contribution in [2.24, 2.45) is 0 Å². The molecule has 2 aromatic rings. The molecule has 2 amide bonds. The van der Waals surface area contributed by atoms with Gasteiger partial charge in [-0.2, -0.15) is 18.2 Å². The highest BCUT2D eigenvalue weighted by Gasteiger charge is 2.71. The maximum atomic E-state index is 13.5. The fourth-order valence-electron chi connectivity index (χ4n) is 3.09. The standard InChI is InChI=1S/C22H21F3N2O6/c1-2-31-19(28)17-18(22(23,24)25)26(17)27(20(29)32-13-15-9-5-3-6-10-15)21(30)33-14-16-11-7-4-8-12-16/h3-12,17-18H,2,13-14H2,1H3/t17-,18-,26?/m1/s1. The molecule has 0 spiro atoms. The molecule has 0 aliphatic carbocycles. The summed E-state index contributed by atoms with van der Waals surface area (Å²) < 4.78 is 55.4. The Morgan fingerprint density at radius 3 is 1.70 bits per heavy atom. The molecule has 8 nitrogen and oxygen atoms in total. The number of carbonyl (C=O) groups excluding carboxylic acids is 3. The number of carbonyl (C=O) groups is 3. The van der Waals surface area contributed by atoms with Crippen LogP contribution < -0.4 is 0 Å². The van der Waals surface area contributed by atoms with E-state index < -0.39 is 36.4 Å². The molecule has 33 heavy (non-hydrogen) atoms. The van der Waals surface area contributed by atoms with E-state index >= 15 is 0 Å². The molecule has 1 saturated heterocycles. The average Bonchev–Trinajstić information content (AvgIpc) is 3.54. The van der Waals surface area contributed by atoms with Crippen LogP contribution in [0, 0.1) is 0 Å². The molecule has 3 atom stereocenters. The minimum Gasteiger partial charge on any atom is -0.465 e. The van der Waals surface area contributed by atoms with E-state index in [4.69, 9.17) is 9.47 Å². The van der Waals surface area contributed by atoms with Crippen LogP contribution in [0.5, 0.6) is 0 Å². The number of hydrogen-bond donors (Lipinski definition) is 0. The van der Waals surface area contributed by atoms with Crippen LogP contribution in [0.2, 0.25) is 0 Å². The van der Waals surface area contributed by atoms with Crippen molar-refractivity contribution in [3.05, 3.63) is 71.8 Å². The van der Waals surface area contributed by atoms with Crippen LogP contribution in [0.15, 0.2) is 60.7 Å². The second-order valence-electron chi connectivity index (χ2n) is 6.96. The van der Waals surface area contributed by atoms with Crippen LogP contribution in [0.3, 0.4) is 0 Å². The van der Waals surface area contributed by atoms with Gasteiger partial charge in [0, 0.05) is 0 Å². The zero-order valence-electron chi connectivity index (χ0n) is 17.5. The number of esters is 1. The first-order valence-corrected chi connectivity index (χ1v) is 9.97. The van der Waals surface area contributed by atoms with Crippen LogP contribution in [0.1, 0.15) is 18.1 Å². The van der Waals surface area contributed by atoms with Crippen LogP contribution >= 0.6 is 0 Å². The number of rotatable bonds is 7. The molecule has 0 radical (unpaired) electrons. The zero-order chi connectivity index (χ0) is 24.0. The minimum atomic E-state index is -4.92. The summed E-state index contributed by atoms with van der Waals surface area (Å²) in [5, 5.41) is 0.324. The third kappa shape index (κ3) is 6.01. The Bertz CT molecular complexity index is 916. The Morgan fingerprint density at radius 2 is 1.30 bits per heavy atom. The normalized spacial score (nSPS) is 19.3. The van der Waals surface area contributed by atoms with Gasteiger partial charge < -0.3 is 14.2 Å². The largest absolute Gasteiger partial charge is 0.465 e. The van der Waals surface area contributed by atoms with Gasteiger partial charge in [-0.05, 0) is 18.1 Å². The summed E-state index contributed by atoms with van der Waals surface area (Å²) in [6, 6.07) is 12.3. The molecular formula is C22H21F3N2O6. The number of nitrogens with zero attached hydrogens (tertiary/aromatic N) is 2. The van der Waals surface area contributed by atoms with Crippen molar-refractivity contribution in [2.75, 3.05) is 6.61 Å². The smallest absolute Gasteiger partial charge is 0.434 e. The second-order valence-corrected chi connectivity index (χ2v) is 6.96. The summed E-state index contributed by atoms with van der Waals surface area (Å²) in [5.41, 5.74) is 1.09. The molecule has 2 aromatic carbocycles. The molecule has 1 aliphatic heterocycles. The van der Waals surface area contributed by atoms with E-state index in [1.165, 1.54) is 6.92 Å². The Morgan fingerprint density at radius 1 is 0.848 bits per heavy atom. The minimum absolute atomic E-state index is 0.0611. The van der Waals surface area contributed by atoms with E-state index in [1.54, 1.807) is 60.7 Å². The van der Waals surface area contributed by atoms with Crippen molar-refractivity contribution in [3.63, 3.8) is 0 Å². The topological polar surface area (TPSA) is 85.2 Å². The quantitative estimate of drug-likeness (QED) is 0.346. The molecule has 1 aliphatic rings. The van der Waals surface area contributed by atoms with Gasteiger partial charge in [0.2, 0.25) is 0 Å². The van der Waals surface area contributed by atoms with E-state index in [0.717, 1.165) is 0 Å². The molecular weight excluding hydrogens is 445 g/mol. The van der Waals surface area contributed by atoms with Crippen LogP contribution in [0.4, 0.5) is 22.8 Å². The average molecular weight is 466 g/mol. The molecule has 0 aromatic heterocycles. The SMILES string of the molecule is CCOC(=O)[C@H]1[C@H](C(F)(F)F)N1N(C(=O)OCc1ccccc1)C(=O)OCc1ccccc1. The van der Waals surface area contributed by atoms with Gasteiger partial charge >= 0.3 is 24.3 Å². The van der Waals surface area contributed by atoms with Gasteiger partial charge in [-0.1, -0.05) is 60.7 Å². The summed E-state index contributed by atoms with van der Waals surface area (Å²) in [6.07, 6.45) is -7.76. The van der Waals surface area contributed by atoms with E-state index in [2.05, 4.69) is 4.74 Å². The van der Waals surface area contributed by atoms with Crippen molar-refractivity contribution in [1.29, 1.82) is 0 Å². The van der Waals surface area contributed by atoms with Crippen LogP contribution in [-0.2, 0) is 32.2 Å². The maximum absolute atomic E-state index is 13.5. The number of halogens is 3. The first kappa shape index (κ1) is 24.1. The first-order chi connectivity index (χ1) is 15.7. The number of imide groups is 1. The van der Waals surface area contributed by atoms with Crippen molar-refractivity contribution in [1.82, 2.24) is 10.0 Å². The predicted octanol–water partition coefficient (Wildman–Crippen LogP) is 4.06. The first-order valence-electron chi connectivity index (χ1n) is 9.97. The third-order valence-corrected chi connectivity index (χ3v) is 4.63. The van der Waals surface area contributed by atoms with Gasteiger partial charge in [0.05, 0.1) is 6.61 Å². The van der Waals surface area contributed by atoms with Crippen LogP contribution in [-0.4, -0.2) is 53.0 Å². The lowest BCUT2D eigenvalue weighted by Gasteiger charge is -2.22. The summed E-state index contributed by atoms with van der Waals surface area (Å²) in [5.74, 6) is -1.23. The van der Waals surface area contributed by atoms with Crippen molar-refractivity contribution >= 4 is 18.2 Å². The Balaban J connectivity index is 1.81. The van der Waals surface area contributed by atoms with E-state index in [9.17, 15) is 27.6 Å². The lowest BCUT2D eigenvalue weighted by atomic mass is 10.2. The summed E-state index contributed by atoms with van der Waals surface area (Å²) in [7, 11) is 0. The van der Waals surface area contributed by atoms with Gasteiger partial charge in [-0.25, -0.2) is 9.59 Å². The molecule has 1 heterocycles. The number of hydrogen-bond acceptors (Lipinski definition) is 7. The fourth-order valence-corrected chi connectivity index (χ4v) is 3.09. The molecule has 176 valence electrons. The molecule has 0 saturated carbocycles. The Hall–Kier alpha value is -3.60. The molecule has 1 unspecified atom stereocenters. The maximum Gasteiger partial charge on any atom is 0.434 e. The zero-order valence-corrected chi connectivity index (χ0v) is 17.5. The van der Waals surface area contributed by atoms with Gasteiger partial charge in [-0.3, -0.25) is 4.79 Å². The number of alkyl halides is 3. The van der Waals surface area contributed by atoms with Crippen molar-refractivity contribution in [3.8, 4) is 0 Å². The highest BCUT2D eigenvalue weighted by atomic mass is 19.4. The van der Waals surface area contributed by atoms with Crippen molar-refractivity contribution in [2.45, 2.75) is 38.4 Å². The number of ether oxygens (including phenoxy) is 3. The molecule has 0 bridgehead atoms. The monoisotopic (exact) mass is 466 g/mol. The Labute approximate surface area is 187 Å². The number of hydrazine groups is 1. The fraction of sp³-hybridized carbons (Fsp3) is 0.318. The molecule has 11 heteroatoms. The predicted molar refractivity (Wildman–Crippen MR) is 107 cm³/mol. The van der Waals surface area contributed by atoms with Gasteiger partial charge in [0.15, 0.2) is 12.1 Å². The highest BCUT2D eigenvalue weighted by molar-refractivity contribution is 5.90. The van der Waals surface area contributed by atoms with Crippen molar-refractivity contribution < 1.29 is 41.8 Å². The highest BCUT2D eigenvalue weighted by Crippen LogP contribution is 2.43. The van der Waals surface area contributed by atoms with E-state index in [0.29, 0.717) is 11.1 Å². The van der Waals surface area contributed by atoms with E-state index in [1.807, 2.05) is 0 Å². The van der Waals surface area contributed by atoms with Gasteiger partial charge in [0.1, 0.15) is 13.2 Å². The molecule has 0 N–H and O–H groups in total. The molecule has 3 rings (SSSR count). The molecule has 1 fully saturated rings. The lowest BCUT2D eigenvalue weighted by Crippen LogP contribution is -2.45. The number of amides is 2.